The lowest BCUT2D eigenvalue weighted by Gasteiger charge is -2.38. The summed E-state index contributed by atoms with van der Waals surface area (Å²) in [5.41, 5.74) is -0.0609. The van der Waals surface area contributed by atoms with Gasteiger partial charge in [0.15, 0.2) is 0 Å². The Balaban J connectivity index is 1.80. The maximum Gasteiger partial charge on any atom is 0.254 e. The normalized spacial score (nSPS) is 21.7. The van der Waals surface area contributed by atoms with Crippen LogP contribution in [0.4, 0.5) is 8.78 Å². The molecule has 1 aromatic carbocycles. The van der Waals surface area contributed by atoms with Gasteiger partial charge in [0.25, 0.3) is 5.91 Å². The zero-order valence-corrected chi connectivity index (χ0v) is 13.3. The highest BCUT2D eigenvalue weighted by Crippen LogP contribution is 2.22. The van der Waals surface area contributed by atoms with Crippen LogP contribution >= 0.6 is 0 Å². The number of amides is 2. The quantitative estimate of drug-likeness (QED) is 0.826. The number of carbonyl (C=O) groups is 2. The highest BCUT2D eigenvalue weighted by atomic mass is 19.1. The minimum atomic E-state index is -0.800. The van der Waals surface area contributed by atoms with Crippen LogP contribution in [0.25, 0.3) is 0 Å². The van der Waals surface area contributed by atoms with Crippen molar-refractivity contribution in [1.82, 2.24) is 9.80 Å². The van der Waals surface area contributed by atoms with E-state index in [1.807, 2.05) is 0 Å². The second-order valence-corrected chi connectivity index (χ2v) is 6.11. The Kier molecular flexibility index (Phi) is 5.08. The van der Waals surface area contributed by atoms with Gasteiger partial charge in [-0.05, 0) is 31.4 Å². The minimum Gasteiger partial charge on any atom is -0.378 e. The van der Waals surface area contributed by atoms with Crippen LogP contribution in [0.1, 0.15) is 29.6 Å². The third-order valence-electron chi connectivity index (χ3n) is 4.48. The Morgan fingerprint density at radius 2 is 1.67 bits per heavy atom. The van der Waals surface area contributed by atoms with E-state index < -0.39 is 23.6 Å². The van der Waals surface area contributed by atoms with Gasteiger partial charge in [-0.2, -0.15) is 0 Å². The average molecular weight is 338 g/mol. The van der Waals surface area contributed by atoms with Gasteiger partial charge in [0, 0.05) is 31.3 Å². The lowest BCUT2D eigenvalue weighted by Crippen LogP contribution is -2.55. The average Bonchev–Trinajstić information content (AvgIpc) is 2.60. The molecule has 0 spiro atoms. The first kappa shape index (κ1) is 16.8. The summed E-state index contributed by atoms with van der Waals surface area (Å²) in [4.78, 5) is 28.6. The Bertz CT molecular complexity index is 612. The molecule has 5 nitrogen and oxygen atoms in total. The number of piperidine rings is 1. The Labute approximate surface area is 139 Å². The van der Waals surface area contributed by atoms with Gasteiger partial charge in [-0.15, -0.1) is 0 Å². The number of morpholine rings is 1. The van der Waals surface area contributed by atoms with Crippen LogP contribution in [0.2, 0.25) is 0 Å². The fourth-order valence-electron chi connectivity index (χ4n) is 3.27. The summed E-state index contributed by atoms with van der Waals surface area (Å²) in [5.74, 6) is -2.21. The molecule has 2 aliphatic rings. The molecule has 2 aliphatic heterocycles. The van der Waals surface area contributed by atoms with Gasteiger partial charge >= 0.3 is 0 Å². The third kappa shape index (κ3) is 3.56. The van der Waals surface area contributed by atoms with E-state index >= 15 is 0 Å². The first-order valence-corrected chi connectivity index (χ1v) is 8.20. The number of hydrogen-bond donors (Lipinski definition) is 0. The summed E-state index contributed by atoms with van der Waals surface area (Å²) in [6.45, 7) is 2.40. The molecular weight excluding hydrogens is 318 g/mol. The van der Waals surface area contributed by atoms with E-state index in [4.69, 9.17) is 4.74 Å². The van der Waals surface area contributed by atoms with Gasteiger partial charge in [-0.3, -0.25) is 9.59 Å². The molecule has 1 atom stereocenters. The van der Waals surface area contributed by atoms with Crippen molar-refractivity contribution in [2.75, 3.05) is 32.8 Å². The summed E-state index contributed by atoms with van der Waals surface area (Å²) in [6.07, 6.45) is 2.19. The number of benzene rings is 1. The van der Waals surface area contributed by atoms with Crippen LogP contribution in [0.3, 0.4) is 0 Å². The van der Waals surface area contributed by atoms with Gasteiger partial charge in [0.2, 0.25) is 5.91 Å². The number of hydrogen-bond acceptors (Lipinski definition) is 3. The zero-order valence-electron chi connectivity index (χ0n) is 13.3. The fourth-order valence-corrected chi connectivity index (χ4v) is 3.27. The predicted molar refractivity (Wildman–Crippen MR) is 82.4 cm³/mol. The van der Waals surface area contributed by atoms with Gasteiger partial charge < -0.3 is 14.5 Å². The number of rotatable bonds is 2. The molecule has 0 aromatic heterocycles. The zero-order chi connectivity index (χ0) is 17.1. The SMILES string of the molecule is O=C([C@@H]1CCCCN1C(=O)c1cc(F)cc(F)c1)N1CCOCC1. The summed E-state index contributed by atoms with van der Waals surface area (Å²) >= 11 is 0. The molecular formula is C17H20F2N2O3. The summed E-state index contributed by atoms with van der Waals surface area (Å²) < 4.78 is 32.1. The van der Waals surface area contributed by atoms with Crippen molar-refractivity contribution in [3.63, 3.8) is 0 Å². The first-order valence-electron chi connectivity index (χ1n) is 8.20. The van der Waals surface area contributed by atoms with Gasteiger partial charge in [-0.1, -0.05) is 0 Å². The number of likely N-dealkylation sites (tertiary alicyclic amines) is 1. The lowest BCUT2D eigenvalue weighted by atomic mass is 9.99. The van der Waals surface area contributed by atoms with Crippen LogP contribution in [0.5, 0.6) is 0 Å². The number of halogens is 2. The van der Waals surface area contributed by atoms with Crippen LogP contribution in [0, 0.1) is 11.6 Å². The highest BCUT2D eigenvalue weighted by Gasteiger charge is 2.35. The molecule has 3 rings (SSSR count). The first-order chi connectivity index (χ1) is 11.6. The van der Waals surface area contributed by atoms with Gasteiger partial charge in [0.1, 0.15) is 17.7 Å². The van der Waals surface area contributed by atoms with Crippen LogP contribution in [-0.2, 0) is 9.53 Å². The molecule has 1 aromatic rings. The Morgan fingerprint density at radius 3 is 2.33 bits per heavy atom. The van der Waals surface area contributed by atoms with E-state index in [1.54, 1.807) is 4.90 Å². The van der Waals surface area contributed by atoms with Crippen molar-refractivity contribution < 1.29 is 23.1 Å². The fraction of sp³-hybridized carbons (Fsp3) is 0.529. The molecule has 7 heteroatoms. The molecule has 24 heavy (non-hydrogen) atoms. The predicted octanol–water partition coefficient (Wildman–Crippen LogP) is 1.82. The van der Waals surface area contributed by atoms with Crippen molar-refractivity contribution in [3.05, 3.63) is 35.4 Å². The van der Waals surface area contributed by atoms with Crippen LogP contribution < -0.4 is 0 Å². The number of carbonyl (C=O) groups excluding carboxylic acids is 2. The smallest absolute Gasteiger partial charge is 0.254 e. The number of ether oxygens (including phenoxy) is 1. The molecule has 2 fully saturated rings. The molecule has 0 saturated carbocycles. The third-order valence-corrected chi connectivity index (χ3v) is 4.48. The second kappa shape index (κ2) is 7.25. The van der Waals surface area contributed by atoms with E-state index in [0.29, 0.717) is 39.3 Å². The van der Waals surface area contributed by atoms with Crippen molar-refractivity contribution in [2.45, 2.75) is 25.3 Å². The van der Waals surface area contributed by atoms with Crippen molar-refractivity contribution in [2.24, 2.45) is 0 Å². The van der Waals surface area contributed by atoms with Crippen molar-refractivity contribution >= 4 is 11.8 Å². The second-order valence-electron chi connectivity index (χ2n) is 6.11. The summed E-state index contributed by atoms with van der Waals surface area (Å²) in [7, 11) is 0. The molecule has 0 N–H and O–H groups in total. The number of nitrogens with zero attached hydrogens (tertiary/aromatic N) is 2. The van der Waals surface area contributed by atoms with E-state index in [0.717, 1.165) is 31.0 Å². The topological polar surface area (TPSA) is 49.9 Å². The molecule has 0 aliphatic carbocycles. The van der Waals surface area contributed by atoms with Crippen molar-refractivity contribution in [1.29, 1.82) is 0 Å². The molecule has 0 bridgehead atoms. The van der Waals surface area contributed by atoms with Crippen LogP contribution in [0.15, 0.2) is 18.2 Å². The Morgan fingerprint density at radius 1 is 1.00 bits per heavy atom. The maximum absolute atomic E-state index is 13.4. The molecule has 0 unspecified atom stereocenters. The van der Waals surface area contributed by atoms with E-state index in [1.165, 1.54) is 4.90 Å². The lowest BCUT2D eigenvalue weighted by molar-refractivity contribution is -0.141. The Hall–Kier alpha value is -2.02. The van der Waals surface area contributed by atoms with Crippen molar-refractivity contribution in [3.8, 4) is 0 Å². The largest absolute Gasteiger partial charge is 0.378 e. The minimum absolute atomic E-state index is 0.0609. The highest BCUT2D eigenvalue weighted by molar-refractivity contribution is 5.97. The van der Waals surface area contributed by atoms with E-state index in [2.05, 4.69) is 0 Å². The maximum atomic E-state index is 13.4. The molecule has 2 heterocycles. The van der Waals surface area contributed by atoms with E-state index in [9.17, 15) is 18.4 Å². The summed E-state index contributed by atoms with van der Waals surface area (Å²) in [6, 6.07) is 2.17. The molecule has 2 saturated heterocycles. The molecule has 130 valence electrons. The monoisotopic (exact) mass is 338 g/mol. The summed E-state index contributed by atoms with van der Waals surface area (Å²) in [5, 5.41) is 0. The molecule has 0 radical (unpaired) electrons. The van der Waals surface area contributed by atoms with Crippen LogP contribution in [-0.4, -0.2) is 60.5 Å². The molecule has 2 amide bonds. The van der Waals surface area contributed by atoms with Gasteiger partial charge in [-0.25, -0.2) is 8.78 Å². The van der Waals surface area contributed by atoms with E-state index in [-0.39, 0.29) is 11.5 Å². The standard InChI is InChI=1S/C17H20F2N2O3/c18-13-9-12(10-14(19)11-13)16(22)21-4-2-1-3-15(21)17(23)20-5-7-24-8-6-20/h9-11,15H,1-8H2/t15-/m0/s1. The van der Waals surface area contributed by atoms with Gasteiger partial charge in [0.05, 0.1) is 13.2 Å².